The number of nitrogens with zero attached hydrogens (tertiary/aromatic N) is 2. The molecular formula is C12H21Cl2N3OS. The van der Waals surface area contributed by atoms with Crippen LogP contribution in [-0.4, -0.2) is 28.9 Å². The van der Waals surface area contributed by atoms with E-state index in [1.54, 1.807) is 11.3 Å². The minimum absolute atomic E-state index is 0. The van der Waals surface area contributed by atoms with Gasteiger partial charge in [-0.3, -0.25) is 4.79 Å². The van der Waals surface area contributed by atoms with Gasteiger partial charge in [-0.1, -0.05) is 0 Å². The molecule has 2 rings (SSSR count). The Morgan fingerprint density at radius 1 is 1.47 bits per heavy atom. The van der Waals surface area contributed by atoms with E-state index >= 15 is 0 Å². The summed E-state index contributed by atoms with van der Waals surface area (Å²) < 4.78 is 0. The molecule has 0 aromatic carbocycles. The summed E-state index contributed by atoms with van der Waals surface area (Å²) in [7, 11) is 0. The van der Waals surface area contributed by atoms with Gasteiger partial charge in [-0.25, -0.2) is 4.98 Å². The third-order valence-electron chi connectivity index (χ3n) is 3.15. The van der Waals surface area contributed by atoms with Crippen LogP contribution in [0, 0.1) is 0 Å². The summed E-state index contributed by atoms with van der Waals surface area (Å²) in [5.74, 6) is 0.232. The molecule has 1 aliphatic heterocycles. The van der Waals surface area contributed by atoms with Crippen molar-refractivity contribution in [1.29, 1.82) is 0 Å². The summed E-state index contributed by atoms with van der Waals surface area (Å²) in [6, 6.07) is 0.203. The molecule has 2 N–H and O–H groups in total. The Balaban J connectivity index is 0.00000162. The van der Waals surface area contributed by atoms with Gasteiger partial charge in [-0.2, -0.15) is 0 Å². The average Bonchev–Trinajstić information content (AvgIpc) is 2.89. The highest BCUT2D eigenvalue weighted by Gasteiger charge is 2.28. The fourth-order valence-corrected chi connectivity index (χ4v) is 3.07. The number of thiazole rings is 1. The van der Waals surface area contributed by atoms with Crippen LogP contribution < -0.4 is 5.73 Å². The maximum absolute atomic E-state index is 12.1. The van der Waals surface area contributed by atoms with E-state index < -0.39 is 0 Å². The molecule has 1 atom stereocenters. The Labute approximate surface area is 130 Å². The van der Waals surface area contributed by atoms with E-state index in [0.717, 1.165) is 30.8 Å². The molecule has 1 saturated heterocycles. The lowest BCUT2D eigenvalue weighted by atomic mass is 10.0. The first kappa shape index (κ1) is 18.6. The molecule has 7 heteroatoms. The number of aromatic nitrogens is 1. The van der Waals surface area contributed by atoms with Crippen LogP contribution in [0.1, 0.15) is 43.2 Å². The second-order valence-corrected chi connectivity index (χ2v) is 5.29. The van der Waals surface area contributed by atoms with E-state index in [9.17, 15) is 4.79 Å². The fraction of sp³-hybridized carbons (Fsp3) is 0.667. The summed E-state index contributed by atoms with van der Waals surface area (Å²) in [5.41, 5.74) is 5.45. The number of carbonyl (C=O) groups is 1. The van der Waals surface area contributed by atoms with Crippen molar-refractivity contribution in [2.45, 2.75) is 38.1 Å². The molecule has 1 aromatic heterocycles. The van der Waals surface area contributed by atoms with E-state index in [1.165, 1.54) is 6.42 Å². The second-order valence-electron chi connectivity index (χ2n) is 4.36. The van der Waals surface area contributed by atoms with E-state index in [2.05, 4.69) is 4.98 Å². The lowest BCUT2D eigenvalue weighted by Crippen LogP contribution is -2.38. The third kappa shape index (κ3) is 4.91. The normalized spacial score (nSPS) is 18.4. The fourth-order valence-electron chi connectivity index (χ4n) is 2.28. The zero-order valence-electron chi connectivity index (χ0n) is 10.8. The van der Waals surface area contributed by atoms with Crippen molar-refractivity contribution >= 4 is 42.1 Å². The van der Waals surface area contributed by atoms with Gasteiger partial charge in [-0.15, -0.1) is 36.2 Å². The molecule has 0 spiro atoms. The summed E-state index contributed by atoms with van der Waals surface area (Å²) in [5, 5.41) is 3.05. The van der Waals surface area contributed by atoms with Crippen molar-refractivity contribution < 1.29 is 4.79 Å². The molecule has 0 bridgehead atoms. The number of halogens is 2. The van der Waals surface area contributed by atoms with Crippen molar-refractivity contribution in [2.75, 3.05) is 13.1 Å². The highest BCUT2D eigenvalue weighted by molar-refractivity contribution is 7.09. The van der Waals surface area contributed by atoms with Crippen molar-refractivity contribution in [3.8, 4) is 0 Å². The average molecular weight is 326 g/mol. The van der Waals surface area contributed by atoms with Crippen molar-refractivity contribution in [2.24, 2.45) is 5.73 Å². The Bertz CT molecular complexity index is 362. The van der Waals surface area contributed by atoms with Crippen LogP contribution in [0.4, 0.5) is 0 Å². The molecule has 0 saturated carbocycles. The van der Waals surface area contributed by atoms with Gasteiger partial charge >= 0.3 is 0 Å². The Kier molecular flexibility index (Phi) is 9.35. The highest BCUT2D eigenvalue weighted by Crippen LogP contribution is 2.32. The summed E-state index contributed by atoms with van der Waals surface area (Å²) >= 11 is 1.64. The topological polar surface area (TPSA) is 59.2 Å². The van der Waals surface area contributed by atoms with Crippen LogP contribution in [0.2, 0.25) is 0 Å². The quantitative estimate of drug-likeness (QED) is 0.925. The molecule has 19 heavy (non-hydrogen) atoms. The predicted octanol–water partition coefficient (Wildman–Crippen LogP) is 2.78. The first-order chi connectivity index (χ1) is 8.33. The Hall–Kier alpha value is -0.360. The second kappa shape index (κ2) is 9.53. The van der Waals surface area contributed by atoms with Crippen molar-refractivity contribution in [3.63, 3.8) is 0 Å². The largest absolute Gasteiger partial charge is 0.333 e. The van der Waals surface area contributed by atoms with Crippen LogP contribution in [0.5, 0.6) is 0 Å². The Morgan fingerprint density at radius 2 is 2.26 bits per heavy atom. The predicted molar refractivity (Wildman–Crippen MR) is 83.2 cm³/mol. The first-order valence-electron chi connectivity index (χ1n) is 6.22. The smallest absolute Gasteiger partial charge is 0.223 e. The molecule has 1 unspecified atom stereocenters. The monoisotopic (exact) mass is 325 g/mol. The van der Waals surface area contributed by atoms with Crippen LogP contribution in [0.25, 0.3) is 0 Å². The summed E-state index contributed by atoms with van der Waals surface area (Å²) in [4.78, 5) is 18.5. The molecule has 0 radical (unpaired) electrons. The van der Waals surface area contributed by atoms with E-state index in [1.807, 2.05) is 16.5 Å². The lowest BCUT2D eigenvalue weighted by molar-refractivity contribution is -0.135. The van der Waals surface area contributed by atoms with Crippen LogP contribution in [0.3, 0.4) is 0 Å². The number of nitrogens with two attached hydrogens (primary N) is 1. The minimum Gasteiger partial charge on any atom is -0.333 e. The van der Waals surface area contributed by atoms with Gasteiger partial charge in [-0.05, 0) is 32.2 Å². The first-order valence-corrected chi connectivity index (χ1v) is 7.10. The summed E-state index contributed by atoms with van der Waals surface area (Å²) in [6.45, 7) is 1.45. The van der Waals surface area contributed by atoms with E-state index in [0.29, 0.717) is 13.0 Å². The van der Waals surface area contributed by atoms with Crippen molar-refractivity contribution in [1.82, 2.24) is 9.88 Å². The van der Waals surface area contributed by atoms with Gasteiger partial charge < -0.3 is 10.6 Å². The minimum atomic E-state index is 0. The number of amides is 1. The van der Waals surface area contributed by atoms with E-state index in [-0.39, 0.29) is 36.8 Å². The summed E-state index contributed by atoms with van der Waals surface area (Å²) in [6.07, 6.45) is 6.50. The molecular weight excluding hydrogens is 305 g/mol. The molecule has 1 amide bonds. The number of hydrogen-bond donors (Lipinski definition) is 1. The number of hydrogen-bond acceptors (Lipinski definition) is 4. The number of carbonyl (C=O) groups excluding carboxylic acids is 1. The zero-order valence-corrected chi connectivity index (χ0v) is 13.2. The van der Waals surface area contributed by atoms with Gasteiger partial charge in [0.2, 0.25) is 5.91 Å². The van der Waals surface area contributed by atoms with Gasteiger partial charge in [0.25, 0.3) is 0 Å². The SMILES string of the molecule is Cl.Cl.NCCCC(=O)N1CCCCC1c1nccs1. The molecule has 1 aliphatic rings. The lowest BCUT2D eigenvalue weighted by Gasteiger charge is -2.34. The molecule has 2 heterocycles. The standard InChI is InChI=1S/C12H19N3OS.2ClH/c13-6-3-5-11(16)15-8-2-1-4-10(15)12-14-7-9-17-12;;/h7,9-10H,1-6,8,13H2;2*1H. The Morgan fingerprint density at radius 3 is 2.89 bits per heavy atom. The van der Waals surface area contributed by atoms with Gasteiger partial charge in [0.1, 0.15) is 5.01 Å². The molecule has 110 valence electrons. The molecule has 1 fully saturated rings. The maximum Gasteiger partial charge on any atom is 0.223 e. The third-order valence-corrected chi connectivity index (χ3v) is 4.03. The molecule has 1 aromatic rings. The number of likely N-dealkylation sites (tertiary alicyclic amines) is 1. The van der Waals surface area contributed by atoms with Gasteiger partial charge in [0.15, 0.2) is 0 Å². The van der Waals surface area contributed by atoms with Crippen LogP contribution in [-0.2, 0) is 4.79 Å². The molecule has 4 nitrogen and oxygen atoms in total. The number of piperidine rings is 1. The van der Waals surface area contributed by atoms with E-state index in [4.69, 9.17) is 5.73 Å². The van der Waals surface area contributed by atoms with Crippen LogP contribution in [0.15, 0.2) is 11.6 Å². The zero-order chi connectivity index (χ0) is 12.1. The van der Waals surface area contributed by atoms with Gasteiger partial charge in [0, 0.05) is 24.5 Å². The molecule has 0 aliphatic carbocycles. The number of rotatable bonds is 4. The maximum atomic E-state index is 12.1. The van der Waals surface area contributed by atoms with Gasteiger partial charge in [0.05, 0.1) is 6.04 Å². The van der Waals surface area contributed by atoms with Crippen molar-refractivity contribution in [3.05, 3.63) is 16.6 Å². The highest BCUT2D eigenvalue weighted by atomic mass is 35.5. The van der Waals surface area contributed by atoms with Crippen LogP contribution >= 0.6 is 36.2 Å².